The third-order valence-electron chi connectivity index (χ3n) is 5.07. The summed E-state index contributed by atoms with van der Waals surface area (Å²) in [5.41, 5.74) is 1.98. The highest BCUT2D eigenvalue weighted by Crippen LogP contribution is 2.33. The predicted molar refractivity (Wildman–Crippen MR) is 82.9 cm³/mol. The van der Waals surface area contributed by atoms with Crippen molar-refractivity contribution < 1.29 is 9.59 Å². The Labute approximate surface area is 133 Å². The predicted octanol–water partition coefficient (Wildman–Crippen LogP) is 0.588. The van der Waals surface area contributed by atoms with Gasteiger partial charge >= 0.3 is 0 Å². The average molecular weight is 313 g/mol. The summed E-state index contributed by atoms with van der Waals surface area (Å²) in [6.07, 6.45) is 2.61. The molecule has 0 radical (unpaired) electrons. The van der Waals surface area contributed by atoms with E-state index in [4.69, 9.17) is 0 Å². The highest BCUT2D eigenvalue weighted by atomic mass is 16.2. The number of aryl methyl sites for hydroxylation is 1. The Morgan fingerprint density at radius 3 is 3.00 bits per heavy atom. The van der Waals surface area contributed by atoms with Crippen molar-refractivity contribution in [2.24, 2.45) is 11.8 Å². The van der Waals surface area contributed by atoms with Gasteiger partial charge in [0.15, 0.2) is 0 Å². The second kappa shape index (κ2) is 5.04. The number of aromatic nitrogens is 3. The van der Waals surface area contributed by atoms with Crippen LogP contribution in [-0.4, -0.2) is 63.1 Å². The minimum Gasteiger partial charge on any atom is -0.345 e. The maximum Gasteiger partial charge on any atom is 0.258 e. The normalized spacial score (nSPS) is 24.3. The summed E-state index contributed by atoms with van der Waals surface area (Å²) >= 11 is 0. The van der Waals surface area contributed by atoms with Gasteiger partial charge in [-0.2, -0.15) is 14.8 Å². The van der Waals surface area contributed by atoms with Crippen LogP contribution in [-0.2, 0) is 4.79 Å². The fourth-order valence-corrected chi connectivity index (χ4v) is 3.79. The summed E-state index contributed by atoms with van der Waals surface area (Å²) in [5, 5.41) is 8.45. The van der Waals surface area contributed by atoms with Crippen molar-refractivity contribution in [3.8, 4) is 0 Å². The molecule has 2 amide bonds. The van der Waals surface area contributed by atoms with Gasteiger partial charge < -0.3 is 9.80 Å². The molecule has 0 unspecified atom stereocenters. The number of carbonyl (C=O) groups excluding carboxylic acids is 2. The van der Waals surface area contributed by atoms with Gasteiger partial charge in [0, 0.05) is 32.9 Å². The van der Waals surface area contributed by atoms with Crippen molar-refractivity contribution in [2.45, 2.75) is 13.3 Å². The zero-order valence-corrected chi connectivity index (χ0v) is 13.3. The number of rotatable bonds is 1. The van der Waals surface area contributed by atoms with Crippen LogP contribution in [0.1, 0.15) is 22.5 Å². The molecule has 4 heterocycles. The first-order valence-corrected chi connectivity index (χ1v) is 7.91. The van der Waals surface area contributed by atoms with Gasteiger partial charge in [0.25, 0.3) is 5.91 Å². The maximum absolute atomic E-state index is 13.0. The van der Waals surface area contributed by atoms with E-state index in [1.54, 1.807) is 17.2 Å². The number of hydrogen-bond acceptors (Lipinski definition) is 4. The van der Waals surface area contributed by atoms with Gasteiger partial charge in [-0.1, -0.05) is 0 Å². The lowest BCUT2D eigenvalue weighted by Gasteiger charge is -2.30. The first-order valence-electron chi connectivity index (χ1n) is 7.91. The van der Waals surface area contributed by atoms with Crippen LogP contribution in [0.3, 0.4) is 0 Å². The van der Waals surface area contributed by atoms with Gasteiger partial charge in [-0.3, -0.25) is 9.59 Å². The standard InChI is InChI=1S/C16H19N5O2/c1-10-14(13-4-3-6-17-21(13)18-10)16(23)20-8-11-5-7-19(2)15(22)12(11)9-20/h3-4,6,11-12H,5,7-9H2,1-2H3/t11-,12+/m1/s1. The van der Waals surface area contributed by atoms with Gasteiger partial charge in [-0.15, -0.1) is 0 Å². The summed E-state index contributed by atoms with van der Waals surface area (Å²) in [5.74, 6) is 0.339. The van der Waals surface area contributed by atoms with Gasteiger partial charge in [-0.25, -0.2) is 0 Å². The molecule has 0 bridgehead atoms. The first kappa shape index (κ1) is 14.2. The van der Waals surface area contributed by atoms with E-state index in [1.807, 2.05) is 24.9 Å². The molecule has 2 fully saturated rings. The molecule has 0 saturated carbocycles. The summed E-state index contributed by atoms with van der Waals surface area (Å²) in [4.78, 5) is 28.9. The first-order chi connectivity index (χ1) is 11.1. The topological polar surface area (TPSA) is 70.8 Å². The molecule has 2 aliphatic rings. The van der Waals surface area contributed by atoms with Gasteiger partial charge in [0.1, 0.15) is 5.52 Å². The monoisotopic (exact) mass is 313 g/mol. The van der Waals surface area contributed by atoms with Crippen LogP contribution in [0.2, 0.25) is 0 Å². The van der Waals surface area contributed by atoms with E-state index >= 15 is 0 Å². The van der Waals surface area contributed by atoms with Crippen LogP contribution in [0.25, 0.3) is 5.52 Å². The minimum absolute atomic E-state index is 0.0460. The molecular weight excluding hydrogens is 294 g/mol. The highest BCUT2D eigenvalue weighted by Gasteiger charge is 2.43. The molecule has 2 atom stereocenters. The lowest BCUT2D eigenvalue weighted by Crippen LogP contribution is -2.42. The molecule has 7 nitrogen and oxygen atoms in total. The molecular formula is C16H19N5O2. The number of likely N-dealkylation sites (tertiary alicyclic amines) is 2. The maximum atomic E-state index is 13.0. The molecule has 0 N–H and O–H groups in total. The van der Waals surface area contributed by atoms with Crippen LogP contribution >= 0.6 is 0 Å². The van der Waals surface area contributed by atoms with Crippen LogP contribution in [0.4, 0.5) is 0 Å². The number of hydrogen-bond donors (Lipinski definition) is 0. The summed E-state index contributed by atoms with van der Waals surface area (Å²) in [7, 11) is 1.84. The fourth-order valence-electron chi connectivity index (χ4n) is 3.79. The molecule has 23 heavy (non-hydrogen) atoms. The van der Waals surface area contributed by atoms with Gasteiger partial charge in [0.05, 0.1) is 17.2 Å². The molecule has 0 aromatic carbocycles. The number of fused-ring (bicyclic) bond motifs is 2. The Morgan fingerprint density at radius 2 is 2.17 bits per heavy atom. The second-order valence-electron chi connectivity index (χ2n) is 6.48. The summed E-state index contributed by atoms with van der Waals surface area (Å²) < 4.78 is 1.49. The Balaban J connectivity index is 1.65. The number of nitrogens with zero attached hydrogens (tertiary/aromatic N) is 5. The number of piperidine rings is 1. The Bertz CT molecular complexity index is 799. The lowest BCUT2D eigenvalue weighted by molar-refractivity contribution is -0.137. The minimum atomic E-state index is -0.0574. The fraction of sp³-hybridized carbons (Fsp3) is 0.500. The third-order valence-corrected chi connectivity index (χ3v) is 5.07. The molecule has 2 aromatic heterocycles. The van der Waals surface area contributed by atoms with E-state index < -0.39 is 0 Å². The Kier molecular flexibility index (Phi) is 3.11. The van der Waals surface area contributed by atoms with E-state index in [0.29, 0.717) is 29.9 Å². The highest BCUT2D eigenvalue weighted by molar-refractivity contribution is 6.02. The van der Waals surface area contributed by atoms with Crippen LogP contribution in [0.5, 0.6) is 0 Å². The van der Waals surface area contributed by atoms with Crippen LogP contribution in [0, 0.1) is 18.8 Å². The molecule has 120 valence electrons. The largest absolute Gasteiger partial charge is 0.345 e. The van der Waals surface area contributed by atoms with Gasteiger partial charge in [0.2, 0.25) is 5.91 Å². The smallest absolute Gasteiger partial charge is 0.258 e. The quantitative estimate of drug-likeness (QED) is 0.772. The third kappa shape index (κ3) is 2.10. The van der Waals surface area contributed by atoms with E-state index in [9.17, 15) is 9.59 Å². The van der Waals surface area contributed by atoms with Crippen LogP contribution < -0.4 is 0 Å². The molecule has 7 heteroatoms. The lowest BCUT2D eigenvalue weighted by atomic mass is 9.88. The summed E-state index contributed by atoms with van der Waals surface area (Å²) in [6, 6.07) is 3.65. The van der Waals surface area contributed by atoms with E-state index in [1.165, 1.54) is 4.63 Å². The molecule has 2 aliphatic heterocycles. The molecule has 2 aromatic rings. The molecule has 0 aliphatic carbocycles. The van der Waals surface area contributed by atoms with E-state index in [-0.39, 0.29) is 23.7 Å². The molecule has 4 rings (SSSR count). The van der Waals surface area contributed by atoms with E-state index in [0.717, 1.165) is 13.0 Å². The van der Waals surface area contributed by atoms with Crippen LogP contribution in [0.15, 0.2) is 18.3 Å². The van der Waals surface area contributed by atoms with Crippen molar-refractivity contribution in [1.82, 2.24) is 24.6 Å². The Hall–Kier alpha value is -2.44. The van der Waals surface area contributed by atoms with Gasteiger partial charge in [-0.05, 0) is 31.4 Å². The Morgan fingerprint density at radius 1 is 1.35 bits per heavy atom. The second-order valence-corrected chi connectivity index (χ2v) is 6.48. The zero-order valence-electron chi connectivity index (χ0n) is 13.3. The van der Waals surface area contributed by atoms with Crippen molar-refractivity contribution in [2.75, 3.05) is 26.7 Å². The van der Waals surface area contributed by atoms with E-state index in [2.05, 4.69) is 10.2 Å². The van der Waals surface area contributed by atoms with Crippen molar-refractivity contribution in [3.05, 3.63) is 29.6 Å². The van der Waals surface area contributed by atoms with Crippen molar-refractivity contribution >= 4 is 17.3 Å². The van der Waals surface area contributed by atoms with Crippen molar-refractivity contribution in [1.29, 1.82) is 0 Å². The van der Waals surface area contributed by atoms with Crippen molar-refractivity contribution in [3.63, 3.8) is 0 Å². The SMILES string of the molecule is Cc1nn2ncccc2c1C(=O)N1C[C@H]2CCN(C)C(=O)[C@H]2C1. The summed E-state index contributed by atoms with van der Waals surface area (Å²) in [6.45, 7) is 3.76. The number of amides is 2. The molecule has 2 saturated heterocycles. The average Bonchev–Trinajstić information content (AvgIpc) is 3.11. The zero-order chi connectivity index (χ0) is 16.1. The molecule has 0 spiro atoms. The number of carbonyl (C=O) groups is 2.